The van der Waals surface area contributed by atoms with E-state index in [0.717, 1.165) is 4.88 Å². The first-order chi connectivity index (χ1) is 14.7. The zero-order valence-electron chi connectivity index (χ0n) is 16.5. The number of carbonyl (C=O) groups is 2. The van der Waals surface area contributed by atoms with Crippen LogP contribution in [0.15, 0.2) is 64.9 Å². The van der Waals surface area contributed by atoms with Crippen molar-refractivity contribution in [1.82, 2.24) is 4.72 Å². The standard InChI is InChI=1S/C21H20ClN3O4S2/c1-14(26)24-16-6-9-19(22)20(13-16)25-21(27)15-4-7-18(8-5-15)31(28,29)23-11-10-17-3-2-12-30-17/h2-9,12-13,23H,10-11H2,1H3,(H,24,26)(H,25,27). The van der Waals surface area contributed by atoms with Crippen LogP contribution < -0.4 is 15.4 Å². The Morgan fingerprint density at radius 1 is 1.03 bits per heavy atom. The van der Waals surface area contributed by atoms with Crippen molar-refractivity contribution in [1.29, 1.82) is 0 Å². The third kappa shape index (κ3) is 6.38. The molecule has 0 saturated heterocycles. The third-order valence-corrected chi connectivity index (χ3v) is 6.95. The van der Waals surface area contributed by atoms with Crippen LogP contribution in [0.1, 0.15) is 22.2 Å². The van der Waals surface area contributed by atoms with E-state index in [9.17, 15) is 18.0 Å². The van der Waals surface area contributed by atoms with E-state index in [2.05, 4.69) is 15.4 Å². The molecule has 2 aromatic carbocycles. The quantitative estimate of drug-likeness (QED) is 0.453. The van der Waals surface area contributed by atoms with Gasteiger partial charge < -0.3 is 10.6 Å². The summed E-state index contributed by atoms with van der Waals surface area (Å²) in [7, 11) is -3.68. The van der Waals surface area contributed by atoms with E-state index in [0.29, 0.717) is 22.8 Å². The molecule has 3 rings (SSSR count). The Labute approximate surface area is 189 Å². The van der Waals surface area contributed by atoms with Crippen molar-refractivity contribution in [3.8, 4) is 0 Å². The van der Waals surface area contributed by atoms with Gasteiger partial charge in [0.25, 0.3) is 5.91 Å². The molecule has 0 unspecified atom stereocenters. The minimum atomic E-state index is -3.68. The second kappa shape index (κ2) is 10.1. The summed E-state index contributed by atoms with van der Waals surface area (Å²) in [6, 6.07) is 14.2. The van der Waals surface area contributed by atoms with Crippen molar-refractivity contribution >= 4 is 56.2 Å². The number of anilines is 2. The van der Waals surface area contributed by atoms with Crippen molar-refractivity contribution in [2.24, 2.45) is 0 Å². The first kappa shape index (κ1) is 23.0. The van der Waals surface area contributed by atoms with E-state index >= 15 is 0 Å². The van der Waals surface area contributed by atoms with E-state index in [-0.39, 0.29) is 22.9 Å². The Bertz CT molecular complexity index is 1180. The van der Waals surface area contributed by atoms with Crippen molar-refractivity contribution < 1.29 is 18.0 Å². The van der Waals surface area contributed by atoms with Crippen LogP contribution in [-0.2, 0) is 21.2 Å². The fraction of sp³-hybridized carbons (Fsp3) is 0.143. The lowest BCUT2D eigenvalue weighted by Crippen LogP contribution is -2.26. The Balaban J connectivity index is 1.65. The van der Waals surface area contributed by atoms with Crippen LogP contribution in [0, 0.1) is 0 Å². The van der Waals surface area contributed by atoms with Gasteiger partial charge in [-0.25, -0.2) is 13.1 Å². The summed E-state index contributed by atoms with van der Waals surface area (Å²) < 4.78 is 27.4. The molecule has 0 atom stereocenters. The Kier molecular flexibility index (Phi) is 7.45. The van der Waals surface area contributed by atoms with E-state index in [1.54, 1.807) is 23.5 Å². The number of thiophene rings is 1. The molecular weight excluding hydrogens is 458 g/mol. The molecule has 162 valence electrons. The minimum absolute atomic E-state index is 0.0703. The number of carbonyl (C=O) groups excluding carboxylic acids is 2. The first-order valence-corrected chi connectivity index (χ1v) is 12.0. The van der Waals surface area contributed by atoms with Gasteiger partial charge >= 0.3 is 0 Å². The monoisotopic (exact) mass is 477 g/mol. The van der Waals surface area contributed by atoms with Gasteiger partial charge in [0.15, 0.2) is 0 Å². The lowest BCUT2D eigenvalue weighted by Gasteiger charge is -2.11. The fourth-order valence-electron chi connectivity index (χ4n) is 2.73. The Morgan fingerprint density at radius 3 is 2.42 bits per heavy atom. The van der Waals surface area contributed by atoms with Crippen LogP contribution in [0.4, 0.5) is 11.4 Å². The summed E-state index contributed by atoms with van der Waals surface area (Å²) in [6.45, 7) is 1.66. The maximum absolute atomic E-state index is 12.5. The molecule has 0 aliphatic heterocycles. The molecule has 0 saturated carbocycles. The average molecular weight is 478 g/mol. The van der Waals surface area contributed by atoms with Gasteiger partial charge in [-0.2, -0.15) is 0 Å². The van der Waals surface area contributed by atoms with Crippen LogP contribution in [-0.4, -0.2) is 26.8 Å². The highest BCUT2D eigenvalue weighted by Gasteiger charge is 2.15. The Morgan fingerprint density at radius 2 is 1.77 bits per heavy atom. The molecule has 0 radical (unpaired) electrons. The zero-order chi connectivity index (χ0) is 22.4. The molecule has 0 aliphatic rings. The van der Waals surface area contributed by atoms with Gasteiger partial charge in [-0.05, 0) is 60.3 Å². The topological polar surface area (TPSA) is 104 Å². The number of benzene rings is 2. The molecule has 0 bridgehead atoms. The molecule has 3 aromatic rings. The van der Waals surface area contributed by atoms with Crippen molar-refractivity contribution in [3.63, 3.8) is 0 Å². The van der Waals surface area contributed by atoms with Gasteiger partial charge in [-0.3, -0.25) is 9.59 Å². The Hall–Kier alpha value is -2.72. The molecule has 1 aromatic heterocycles. The average Bonchev–Trinajstić information content (AvgIpc) is 3.23. The predicted octanol–water partition coefficient (Wildman–Crippen LogP) is 4.13. The number of halogens is 1. The summed E-state index contributed by atoms with van der Waals surface area (Å²) in [5.74, 6) is -0.711. The summed E-state index contributed by atoms with van der Waals surface area (Å²) >= 11 is 7.69. The molecular formula is C21H20ClN3O4S2. The number of sulfonamides is 1. The van der Waals surface area contributed by atoms with E-state index in [1.807, 2.05) is 17.5 Å². The van der Waals surface area contributed by atoms with Gasteiger partial charge in [0.05, 0.1) is 15.6 Å². The lowest BCUT2D eigenvalue weighted by atomic mass is 10.2. The zero-order valence-corrected chi connectivity index (χ0v) is 18.9. The molecule has 1 heterocycles. The van der Waals surface area contributed by atoms with Gasteiger partial charge in [0.2, 0.25) is 15.9 Å². The summed E-state index contributed by atoms with van der Waals surface area (Å²) in [5.41, 5.74) is 1.07. The summed E-state index contributed by atoms with van der Waals surface area (Å²) in [5, 5.41) is 7.52. The molecule has 0 spiro atoms. The summed E-state index contributed by atoms with van der Waals surface area (Å²) in [4.78, 5) is 24.9. The van der Waals surface area contributed by atoms with E-state index < -0.39 is 15.9 Å². The number of hydrogen-bond donors (Lipinski definition) is 3. The van der Waals surface area contributed by atoms with Crippen LogP contribution in [0.5, 0.6) is 0 Å². The van der Waals surface area contributed by atoms with Crippen LogP contribution in [0.3, 0.4) is 0 Å². The third-order valence-electron chi connectivity index (χ3n) is 4.21. The maximum atomic E-state index is 12.5. The van der Waals surface area contributed by atoms with Crippen LogP contribution in [0.2, 0.25) is 5.02 Å². The number of hydrogen-bond acceptors (Lipinski definition) is 5. The van der Waals surface area contributed by atoms with Gasteiger partial charge in [-0.15, -0.1) is 11.3 Å². The fourth-order valence-corrected chi connectivity index (χ4v) is 4.63. The van der Waals surface area contributed by atoms with Crippen molar-refractivity contribution in [3.05, 3.63) is 75.4 Å². The SMILES string of the molecule is CC(=O)Nc1ccc(Cl)c(NC(=O)c2ccc(S(=O)(=O)NCCc3cccs3)cc2)c1. The normalized spacial score (nSPS) is 11.2. The lowest BCUT2D eigenvalue weighted by molar-refractivity contribution is -0.114. The predicted molar refractivity (Wildman–Crippen MR) is 123 cm³/mol. The smallest absolute Gasteiger partial charge is 0.255 e. The van der Waals surface area contributed by atoms with Crippen molar-refractivity contribution in [2.75, 3.05) is 17.2 Å². The largest absolute Gasteiger partial charge is 0.326 e. The minimum Gasteiger partial charge on any atom is -0.326 e. The maximum Gasteiger partial charge on any atom is 0.255 e. The second-order valence-electron chi connectivity index (χ2n) is 6.58. The van der Waals surface area contributed by atoms with E-state index in [1.165, 1.54) is 37.3 Å². The molecule has 10 heteroatoms. The van der Waals surface area contributed by atoms with Gasteiger partial charge in [0.1, 0.15) is 0 Å². The first-order valence-electron chi connectivity index (χ1n) is 9.25. The molecule has 7 nitrogen and oxygen atoms in total. The highest BCUT2D eigenvalue weighted by molar-refractivity contribution is 7.89. The number of amides is 2. The second-order valence-corrected chi connectivity index (χ2v) is 9.79. The van der Waals surface area contributed by atoms with E-state index in [4.69, 9.17) is 11.6 Å². The molecule has 2 amide bonds. The van der Waals surface area contributed by atoms with Crippen molar-refractivity contribution in [2.45, 2.75) is 18.2 Å². The summed E-state index contributed by atoms with van der Waals surface area (Å²) in [6.07, 6.45) is 0.607. The molecule has 0 aliphatic carbocycles. The molecule has 3 N–H and O–H groups in total. The van der Waals surface area contributed by atoms with Crippen LogP contribution in [0.25, 0.3) is 0 Å². The van der Waals surface area contributed by atoms with Gasteiger partial charge in [0, 0.05) is 29.6 Å². The number of rotatable bonds is 8. The number of nitrogens with one attached hydrogen (secondary N) is 3. The molecule has 0 fully saturated rings. The molecule has 31 heavy (non-hydrogen) atoms. The van der Waals surface area contributed by atoms with Crippen LogP contribution >= 0.6 is 22.9 Å². The highest BCUT2D eigenvalue weighted by atomic mass is 35.5. The highest BCUT2D eigenvalue weighted by Crippen LogP contribution is 2.26. The van der Waals surface area contributed by atoms with Gasteiger partial charge in [-0.1, -0.05) is 17.7 Å².